The third kappa shape index (κ3) is 2.16. The van der Waals surface area contributed by atoms with E-state index in [1.54, 1.807) is 0 Å². The molecule has 0 fully saturated rings. The summed E-state index contributed by atoms with van der Waals surface area (Å²) in [5.41, 5.74) is 23.2. The number of nitrogen functional groups attached to an aromatic ring is 2. The summed E-state index contributed by atoms with van der Waals surface area (Å²) in [6.45, 7) is 0. The van der Waals surface area contributed by atoms with Gasteiger partial charge in [-0.2, -0.15) is 0 Å². The van der Waals surface area contributed by atoms with Crippen molar-refractivity contribution in [2.75, 3.05) is 11.5 Å². The van der Waals surface area contributed by atoms with Crippen LogP contribution in [0.25, 0.3) is 0 Å². The molecular formula is C32H24N2. The first-order valence-corrected chi connectivity index (χ1v) is 11.7. The molecule has 0 heterocycles. The Balaban J connectivity index is 1.74. The Labute approximate surface area is 199 Å². The Hall–Kier alpha value is -4.30. The number of hydrogen-bond donors (Lipinski definition) is 2. The van der Waals surface area contributed by atoms with Gasteiger partial charge in [0.2, 0.25) is 0 Å². The van der Waals surface area contributed by atoms with E-state index in [0.29, 0.717) is 0 Å². The fourth-order valence-electron chi connectivity index (χ4n) is 6.59. The van der Waals surface area contributed by atoms with Crippen molar-refractivity contribution in [2.45, 2.75) is 10.8 Å². The maximum Gasteiger partial charge on any atom is 0.0708 e. The fraction of sp³-hybridized carbons (Fsp3) is 0.0625. The minimum Gasteiger partial charge on any atom is -0.399 e. The molecule has 4 N–H and O–H groups in total. The molecule has 34 heavy (non-hydrogen) atoms. The van der Waals surface area contributed by atoms with Crippen molar-refractivity contribution >= 4 is 11.4 Å². The summed E-state index contributed by atoms with van der Waals surface area (Å²) in [4.78, 5) is 0. The summed E-state index contributed by atoms with van der Waals surface area (Å²) in [6.07, 6.45) is 0. The number of hydrogen-bond acceptors (Lipinski definition) is 2. The van der Waals surface area contributed by atoms with E-state index < -0.39 is 10.8 Å². The van der Waals surface area contributed by atoms with Crippen LogP contribution in [-0.2, 0) is 10.8 Å². The lowest BCUT2D eigenvalue weighted by atomic mass is 9.53. The van der Waals surface area contributed by atoms with Gasteiger partial charge in [-0.15, -0.1) is 0 Å². The van der Waals surface area contributed by atoms with E-state index in [-0.39, 0.29) is 0 Å². The average Bonchev–Trinajstić information content (AvgIpc) is 3.00. The molecule has 3 aliphatic carbocycles. The second-order valence-corrected chi connectivity index (χ2v) is 9.42. The van der Waals surface area contributed by atoms with Gasteiger partial charge in [-0.3, -0.25) is 0 Å². The van der Waals surface area contributed by atoms with E-state index in [1.165, 1.54) is 44.5 Å². The molecule has 0 atom stereocenters. The van der Waals surface area contributed by atoms with Crippen LogP contribution in [0.2, 0.25) is 0 Å². The zero-order valence-corrected chi connectivity index (χ0v) is 18.7. The van der Waals surface area contributed by atoms with Gasteiger partial charge in [0.1, 0.15) is 0 Å². The number of anilines is 2. The molecule has 3 aliphatic rings. The van der Waals surface area contributed by atoms with Crippen molar-refractivity contribution in [1.29, 1.82) is 0 Å². The largest absolute Gasteiger partial charge is 0.399 e. The topological polar surface area (TPSA) is 52.0 Å². The van der Waals surface area contributed by atoms with Gasteiger partial charge in [-0.1, -0.05) is 97.1 Å². The predicted molar refractivity (Wildman–Crippen MR) is 139 cm³/mol. The number of rotatable bonds is 2. The van der Waals surface area contributed by atoms with Crippen LogP contribution in [0.5, 0.6) is 0 Å². The summed E-state index contributed by atoms with van der Waals surface area (Å²) in [7, 11) is 0. The molecule has 4 bridgehead atoms. The molecule has 0 aromatic heterocycles. The normalized spacial score (nSPS) is 21.4. The van der Waals surface area contributed by atoms with Crippen molar-refractivity contribution < 1.29 is 0 Å². The molecule has 0 unspecified atom stereocenters. The zero-order chi connectivity index (χ0) is 22.9. The molecule has 0 spiro atoms. The predicted octanol–water partition coefficient (Wildman–Crippen LogP) is 6.24. The molecule has 5 aromatic rings. The molecule has 2 heteroatoms. The maximum atomic E-state index is 6.13. The smallest absolute Gasteiger partial charge is 0.0708 e. The molecule has 0 aliphatic heterocycles. The molecular weight excluding hydrogens is 412 g/mol. The van der Waals surface area contributed by atoms with Crippen molar-refractivity contribution in [1.82, 2.24) is 0 Å². The van der Waals surface area contributed by atoms with E-state index in [0.717, 1.165) is 11.4 Å². The summed E-state index contributed by atoms with van der Waals surface area (Å²) in [6, 6.07) is 43.9. The average molecular weight is 437 g/mol. The van der Waals surface area contributed by atoms with Gasteiger partial charge in [0, 0.05) is 11.4 Å². The van der Waals surface area contributed by atoms with Gasteiger partial charge in [-0.05, 0) is 68.8 Å². The maximum absolute atomic E-state index is 6.13. The molecule has 8 rings (SSSR count). The lowest BCUT2D eigenvalue weighted by Crippen LogP contribution is -2.42. The molecule has 5 aromatic carbocycles. The number of benzene rings is 5. The second-order valence-electron chi connectivity index (χ2n) is 9.42. The summed E-state index contributed by atoms with van der Waals surface area (Å²) < 4.78 is 0. The van der Waals surface area contributed by atoms with E-state index in [4.69, 9.17) is 11.5 Å². The van der Waals surface area contributed by atoms with Gasteiger partial charge >= 0.3 is 0 Å². The highest BCUT2D eigenvalue weighted by atomic mass is 14.6. The molecule has 162 valence electrons. The van der Waals surface area contributed by atoms with Crippen molar-refractivity contribution in [2.24, 2.45) is 0 Å². The monoisotopic (exact) mass is 436 g/mol. The SMILES string of the molecule is Nc1ccc(C23c4cccc(c4)C(c4ccc(N)cc4)(c4ccccc42)c2ccccc23)cc1. The Morgan fingerprint density at radius 1 is 0.353 bits per heavy atom. The van der Waals surface area contributed by atoms with E-state index in [2.05, 4.69) is 97.1 Å². The van der Waals surface area contributed by atoms with Gasteiger partial charge < -0.3 is 11.5 Å². The van der Waals surface area contributed by atoms with Gasteiger partial charge in [0.25, 0.3) is 0 Å². The van der Waals surface area contributed by atoms with Crippen molar-refractivity contribution in [3.05, 3.63) is 166 Å². The van der Waals surface area contributed by atoms with Gasteiger partial charge in [0.15, 0.2) is 0 Å². The lowest BCUT2D eigenvalue weighted by molar-refractivity contribution is 0.638. The highest BCUT2D eigenvalue weighted by Gasteiger charge is 2.55. The second kappa shape index (κ2) is 6.61. The van der Waals surface area contributed by atoms with E-state index >= 15 is 0 Å². The van der Waals surface area contributed by atoms with Crippen LogP contribution in [0.3, 0.4) is 0 Å². The zero-order valence-electron chi connectivity index (χ0n) is 18.7. The van der Waals surface area contributed by atoms with Crippen molar-refractivity contribution in [3.8, 4) is 0 Å². The molecule has 0 saturated heterocycles. The summed E-state index contributed by atoms with van der Waals surface area (Å²) in [5, 5.41) is 0. The Kier molecular flexibility index (Phi) is 3.73. The Bertz CT molecular complexity index is 1400. The summed E-state index contributed by atoms with van der Waals surface area (Å²) >= 11 is 0. The standard InChI is InChI=1S/C32H24N2/c33-25-16-12-21(13-17-25)31-23-6-5-7-24(20-23)32(22-14-18-26(34)19-15-22,28-9-2-1-8-27(28)31)30-11-4-3-10-29(30)31/h1-20H,33-34H2. The fourth-order valence-corrected chi connectivity index (χ4v) is 6.59. The third-order valence-electron chi connectivity index (χ3n) is 7.89. The first-order valence-electron chi connectivity index (χ1n) is 11.7. The van der Waals surface area contributed by atoms with Crippen LogP contribution in [0.15, 0.2) is 121 Å². The Morgan fingerprint density at radius 2 is 0.706 bits per heavy atom. The molecule has 0 saturated carbocycles. The van der Waals surface area contributed by atoms with Gasteiger partial charge in [0.05, 0.1) is 10.8 Å². The highest BCUT2D eigenvalue weighted by molar-refractivity contribution is 5.78. The number of nitrogens with two attached hydrogens (primary N) is 2. The van der Waals surface area contributed by atoms with Crippen LogP contribution in [0, 0.1) is 0 Å². The molecule has 0 radical (unpaired) electrons. The molecule has 2 nitrogen and oxygen atoms in total. The van der Waals surface area contributed by atoms with Gasteiger partial charge in [-0.25, -0.2) is 0 Å². The lowest BCUT2D eigenvalue weighted by Gasteiger charge is -2.48. The van der Waals surface area contributed by atoms with Crippen molar-refractivity contribution in [3.63, 3.8) is 0 Å². The van der Waals surface area contributed by atoms with Crippen LogP contribution in [-0.4, -0.2) is 0 Å². The molecule has 0 amide bonds. The first kappa shape index (κ1) is 19.2. The summed E-state index contributed by atoms with van der Waals surface area (Å²) in [5.74, 6) is 0. The quantitative estimate of drug-likeness (QED) is 0.315. The first-order chi connectivity index (χ1) is 16.7. The van der Waals surface area contributed by atoms with Crippen LogP contribution in [0.1, 0.15) is 44.5 Å². The van der Waals surface area contributed by atoms with E-state index in [1.807, 2.05) is 24.3 Å². The van der Waals surface area contributed by atoms with Crippen LogP contribution >= 0.6 is 0 Å². The highest BCUT2D eigenvalue weighted by Crippen LogP contribution is 2.62. The van der Waals surface area contributed by atoms with Crippen LogP contribution < -0.4 is 11.5 Å². The Morgan fingerprint density at radius 3 is 1.06 bits per heavy atom. The van der Waals surface area contributed by atoms with Crippen LogP contribution in [0.4, 0.5) is 11.4 Å². The third-order valence-corrected chi connectivity index (χ3v) is 7.89. The van der Waals surface area contributed by atoms with E-state index in [9.17, 15) is 0 Å². The minimum absolute atomic E-state index is 0.426. The minimum atomic E-state index is -0.426.